The minimum Gasteiger partial charge on any atom is -0.332 e. The molecule has 28 heavy (non-hydrogen) atoms. The zero-order valence-corrected chi connectivity index (χ0v) is 14.9. The molecule has 140 valence electrons. The Morgan fingerprint density at radius 2 is 1.68 bits per heavy atom. The van der Waals surface area contributed by atoms with Gasteiger partial charge in [-0.25, -0.2) is 28.1 Å². The summed E-state index contributed by atoms with van der Waals surface area (Å²) in [7, 11) is 0. The van der Waals surface area contributed by atoms with E-state index < -0.39 is 17.5 Å². The molecule has 0 aliphatic heterocycles. The van der Waals surface area contributed by atoms with Crippen molar-refractivity contribution in [3.8, 4) is 34.2 Å². The Kier molecular flexibility index (Phi) is 4.52. The Hall–Kier alpha value is -3.33. The van der Waals surface area contributed by atoms with Gasteiger partial charge >= 0.3 is 0 Å². The second-order valence-electron chi connectivity index (χ2n) is 5.73. The molecule has 10 heteroatoms. The topological polar surface area (TPSA) is 77.6 Å². The Bertz CT molecular complexity index is 1180. The van der Waals surface area contributed by atoms with Crippen molar-refractivity contribution in [1.82, 2.24) is 25.1 Å². The van der Waals surface area contributed by atoms with Crippen LogP contribution < -0.4 is 0 Å². The number of pyridine rings is 3. The van der Waals surface area contributed by atoms with E-state index in [-0.39, 0.29) is 45.1 Å². The molecular formula is C18H9ClF3N5O. The summed E-state index contributed by atoms with van der Waals surface area (Å²) in [6, 6.07) is 4.96. The Balaban J connectivity index is 1.80. The van der Waals surface area contributed by atoms with Crippen LogP contribution in [0.2, 0.25) is 5.15 Å². The molecule has 0 aliphatic carbocycles. The maximum Gasteiger partial charge on any atom is 0.276 e. The zero-order chi connectivity index (χ0) is 19.8. The first-order valence-electron chi connectivity index (χ1n) is 7.87. The van der Waals surface area contributed by atoms with E-state index in [9.17, 15) is 13.2 Å². The highest BCUT2D eigenvalue weighted by molar-refractivity contribution is 6.32. The summed E-state index contributed by atoms with van der Waals surface area (Å²) >= 11 is 6.00. The number of aromatic nitrogens is 5. The second-order valence-corrected chi connectivity index (χ2v) is 6.09. The zero-order valence-electron chi connectivity index (χ0n) is 14.1. The van der Waals surface area contributed by atoms with Crippen LogP contribution in [-0.2, 0) is 0 Å². The molecule has 0 radical (unpaired) electrons. The average Bonchev–Trinajstić information content (AvgIpc) is 3.17. The average molecular weight is 404 g/mol. The van der Waals surface area contributed by atoms with Gasteiger partial charge in [0.25, 0.3) is 5.89 Å². The van der Waals surface area contributed by atoms with Gasteiger partial charge in [-0.15, -0.1) is 0 Å². The maximum atomic E-state index is 14.6. The fourth-order valence-electron chi connectivity index (χ4n) is 2.51. The molecule has 4 rings (SSSR count). The molecule has 4 heterocycles. The minimum absolute atomic E-state index is 0.00856. The van der Waals surface area contributed by atoms with Gasteiger partial charge in [0, 0.05) is 11.1 Å². The van der Waals surface area contributed by atoms with Crippen LogP contribution in [0.4, 0.5) is 13.2 Å². The number of rotatable bonds is 3. The molecule has 0 spiro atoms. The van der Waals surface area contributed by atoms with Crippen molar-refractivity contribution in [3.63, 3.8) is 0 Å². The van der Waals surface area contributed by atoms with Crippen LogP contribution >= 0.6 is 11.6 Å². The lowest BCUT2D eigenvalue weighted by molar-refractivity contribution is 0.430. The largest absolute Gasteiger partial charge is 0.332 e. The molecule has 0 bridgehead atoms. The van der Waals surface area contributed by atoms with Gasteiger partial charge in [0.05, 0.1) is 18.1 Å². The maximum absolute atomic E-state index is 14.6. The SMILES string of the molecule is Cc1nc(-c2noc(-c3ccc(F)cn3)n2)cc(-c2cc(F)cnc2Cl)c1F. The Labute approximate surface area is 161 Å². The van der Waals surface area contributed by atoms with E-state index in [1.54, 1.807) is 0 Å². The van der Waals surface area contributed by atoms with E-state index in [1.165, 1.54) is 25.1 Å². The number of hydrogen-bond acceptors (Lipinski definition) is 6. The van der Waals surface area contributed by atoms with Crippen LogP contribution in [0.15, 0.2) is 41.2 Å². The molecule has 0 amide bonds. The highest BCUT2D eigenvalue weighted by Gasteiger charge is 2.19. The standard InChI is InChI=1S/C18H9ClF3N5O/c1-8-15(22)11(12-4-10(21)7-24-16(12)19)5-14(25-8)17-26-18(28-27-17)13-3-2-9(20)6-23-13/h2-7H,1H3. The predicted molar refractivity (Wildman–Crippen MR) is 93.6 cm³/mol. The lowest BCUT2D eigenvalue weighted by atomic mass is 10.1. The summed E-state index contributed by atoms with van der Waals surface area (Å²) < 4.78 is 46.3. The fraction of sp³-hybridized carbons (Fsp3) is 0.0556. The summed E-state index contributed by atoms with van der Waals surface area (Å²) in [5, 5.41) is 3.73. The van der Waals surface area contributed by atoms with Gasteiger partial charge in [0.2, 0.25) is 5.82 Å². The van der Waals surface area contributed by atoms with Gasteiger partial charge < -0.3 is 4.52 Å². The predicted octanol–water partition coefficient (Wildman–Crippen LogP) is 4.63. The smallest absolute Gasteiger partial charge is 0.276 e. The highest BCUT2D eigenvalue weighted by Crippen LogP contribution is 2.32. The lowest BCUT2D eigenvalue weighted by Gasteiger charge is -2.09. The van der Waals surface area contributed by atoms with Gasteiger partial charge in [0.1, 0.15) is 28.2 Å². The van der Waals surface area contributed by atoms with E-state index in [2.05, 4.69) is 25.1 Å². The van der Waals surface area contributed by atoms with E-state index >= 15 is 0 Å². The van der Waals surface area contributed by atoms with Crippen molar-refractivity contribution in [1.29, 1.82) is 0 Å². The van der Waals surface area contributed by atoms with Gasteiger partial charge in [-0.1, -0.05) is 16.8 Å². The van der Waals surface area contributed by atoms with E-state index in [0.717, 1.165) is 18.5 Å². The third-order valence-electron chi connectivity index (χ3n) is 3.82. The molecule has 0 saturated heterocycles. The first kappa shape index (κ1) is 18.1. The molecule has 0 saturated carbocycles. The number of hydrogen-bond donors (Lipinski definition) is 0. The molecular weight excluding hydrogens is 395 g/mol. The lowest BCUT2D eigenvalue weighted by Crippen LogP contribution is -1.98. The van der Waals surface area contributed by atoms with Gasteiger partial charge in [0.15, 0.2) is 5.82 Å². The van der Waals surface area contributed by atoms with E-state index in [1.807, 2.05) is 0 Å². The Morgan fingerprint density at radius 1 is 0.893 bits per heavy atom. The van der Waals surface area contributed by atoms with Crippen molar-refractivity contribution in [2.24, 2.45) is 0 Å². The molecule has 4 aromatic heterocycles. The van der Waals surface area contributed by atoms with Crippen LogP contribution in [0, 0.1) is 24.4 Å². The fourth-order valence-corrected chi connectivity index (χ4v) is 2.72. The van der Waals surface area contributed by atoms with Crippen molar-refractivity contribution in [3.05, 3.63) is 65.0 Å². The van der Waals surface area contributed by atoms with Crippen LogP contribution in [0.25, 0.3) is 34.2 Å². The quantitative estimate of drug-likeness (QED) is 0.464. The summed E-state index contributed by atoms with van der Waals surface area (Å²) in [6.07, 6.45) is 1.94. The summed E-state index contributed by atoms with van der Waals surface area (Å²) in [4.78, 5) is 15.8. The number of aryl methyl sites for hydroxylation is 1. The molecule has 0 fully saturated rings. The van der Waals surface area contributed by atoms with Crippen molar-refractivity contribution in [2.75, 3.05) is 0 Å². The van der Waals surface area contributed by atoms with Crippen LogP contribution in [-0.4, -0.2) is 25.1 Å². The Morgan fingerprint density at radius 3 is 2.43 bits per heavy atom. The number of nitrogens with zero attached hydrogens (tertiary/aromatic N) is 5. The summed E-state index contributed by atoms with van der Waals surface area (Å²) in [5.41, 5.74) is 0.516. The molecule has 0 atom stereocenters. The summed E-state index contributed by atoms with van der Waals surface area (Å²) in [5.74, 6) is -1.78. The molecule has 0 N–H and O–H groups in total. The van der Waals surface area contributed by atoms with Gasteiger partial charge in [-0.3, -0.25) is 0 Å². The highest BCUT2D eigenvalue weighted by atomic mass is 35.5. The van der Waals surface area contributed by atoms with Gasteiger partial charge in [-0.2, -0.15) is 4.98 Å². The number of halogens is 4. The molecule has 0 aromatic carbocycles. The minimum atomic E-state index is -0.679. The van der Waals surface area contributed by atoms with Crippen LogP contribution in [0.3, 0.4) is 0 Å². The molecule has 0 unspecified atom stereocenters. The second kappa shape index (κ2) is 7.01. The van der Waals surface area contributed by atoms with Crippen molar-refractivity contribution in [2.45, 2.75) is 6.92 Å². The van der Waals surface area contributed by atoms with Crippen LogP contribution in [0.5, 0.6) is 0 Å². The third-order valence-corrected chi connectivity index (χ3v) is 4.12. The monoisotopic (exact) mass is 403 g/mol. The normalized spacial score (nSPS) is 11.0. The molecule has 4 aromatic rings. The van der Waals surface area contributed by atoms with Crippen LogP contribution in [0.1, 0.15) is 5.69 Å². The van der Waals surface area contributed by atoms with E-state index in [4.69, 9.17) is 16.1 Å². The molecule has 0 aliphatic rings. The summed E-state index contributed by atoms with van der Waals surface area (Å²) in [6.45, 7) is 1.44. The third kappa shape index (κ3) is 3.31. The molecule has 6 nitrogen and oxygen atoms in total. The van der Waals surface area contributed by atoms with Crippen molar-refractivity contribution >= 4 is 11.6 Å². The van der Waals surface area contributed by atoms with E-state index in [0.29, 0.717) is 0 Å². The van der Waals surface area contributed by atoms with Gasteiger partial charge in [-0.05, 0) is 31.2 Å². The van der Waals surface area contributed by atoms with Crippen molar-refractivity contribution < 1.29 is 17.7 Å². The first-order chi connectivity index (χ1) is 13.4. The first-order valence-corrected chi connectivity index (χ1v) is 8.24.